The number of aromatic nitrogens is 1. The van der Waals surface area contributed by atoms with Crippen molar-refractivity contribution in [3.8, 4) is 23.8 Å². The molecule has 0 atom stereocenters. The Labute approximate surface area is 159 Å². The molecule has 0 N–H and O–H groups in total. The summed E-state index contributed by atoms with van der Waals surface area (Å²) >= 11 is 0. The molecule has 136 valence electrons. The number of aryl methyl sites for hydroxylation is 2. The summed E-state index contributed by atoms with van der Waals surface area (Å²) < 4.78 is 5.75. The predicted molar refractivity (Wildman–Crippen MR) is 106 cm³/mol. The maximum atomic E-state index is 12.8. The Hall–Kier alpha value is -3.32. The maximum Gasteiger partial charge on any atom is 0.229 e. The molecule has 1 heterocycles. The molecule has 3 aromatic rings. The second-order valence-corrected chi connectivity index (χ2v) is 6.50. The van der Waals surface area contributed by atoms with Gasteiger partial charge in [-0.3, -0.25) is 4.79 Å². The van der Waals surface area contributed by atoms with E-state index in [1.54, 1.807) is 4.90 Å². The third-order valence-electron chi connectivity index (χ3n) is 4.36. The van der Waals surface area contributed by atoms with Gasteiger partial charge in [0.25, 0.3) is 0 Å². The highest BCUT2D eigenvalue weighted by atomic mass is 16.4. The number of hydrogen-bond donors (Lipinski definition) is 0. The molecule has 0 saturated heterocycles. The Bertz CT molecular complexity index is 950. The highest BCUT2D eigenvalue weighted by Gasteiger charge is 2.19. The first kappa shape index (κ1) is 18.5. The van der Waals surface area contributed by atoms with E-state index in [4.69, 9.17) is 10.8 Å². The zero-order valence-electron chi connectivity index (χ0n) is 15.6. The van der Waals surface area contributed by atoms with Crippen LogP contribution in [0, 0.1) is 26.2 Å². The Morgan fingerprint density at radius 2 is 1.81 bits per heavy atom. The van der Waals surface area contributed by atoms with Crippen molar-refractivity contribution in [2.75, 3.05) is 6.54 Å². The van der Waals surface area contributed by atoms with Gasteiger partial charge < -0.3 is 9.32 Å². The Balaban J connectivity index is 1.75. The number of rotatable bonds is 6. The number of oxazole rings is 1. The van der Waals surface area contributed by atoms with Crippen LogP contribution in [0.4, 0.5) is 0 Å². The lowest BCUT2D eigenvalue weighted by Gasteiger charge is -2.20. The molecule has 0 fully saturated rings. The summed E-state index contributed by atoms with van der Waals surface area (Å²) in [7, 11) is 0. The van der Waals surface area contributed by atoms with Crippen LogP contribution in [0.2, 0.25) is 0 Å². The maximum absolute atomic E-state index is 12.8. The molecule has 0 aliphatic heterocycles. The van der Waals surface area contributed by atoms with Crippen LogP contribution in [-0.4, -0.2) is 22.3 Å². The van der Waals surface area contributed by atoms with Crippen LogP contribution in [0.15, 0.2) is 59.0 Å². The molecule has 27 heavy (non-hydrogen) atoms. The minimum absolute atomic E-state index is 0.0652. The largest absolute Gasteiger partial charge is 0.441 e. The van der Waals surface area contributed by atoms with Crippen molar-refractivity contribution in [3.63, 3.8) is 0 Å². The molecule has 0 unspecified atom stereocenters. The first-order chi connectivity index (χ1) is 13.1. The smallest absolute Gasteiger partial charge is 0.229 e. The highest BCUT2D eigenvalue weighted by molar-refractivity contribution is 5.79. The van der Waals surface area contributed by atoms with Gasteiger partial charge in [0, 0.05) is 12.1 Å². The second-order valence-electron chi connectivity index (χ2n) is 6.50. The van der Waals surface area contributed by atoms with E-state index in [2.05, 4.69) is 10.9 Å². The summed E-state index contributed by atoms with van der Waals surface area (Å²) in [6, 6.07) is 17.7. The fraction of sp³-hybridized carbons (Fsp3) is 0.217. The lowest BCUT2D eigenvalue weighted by Crippen LogP contribution is -2.32. The first-order valence-corrected chi connectivity index (χ1v) is 8.85. The van der Waals surface area contributed by atoms with Crippen LogP contribution in [0.1, 0.15) is 22.6 Å². The Morgan fingerprint density at radius 1 is 1.11 bits per heavy atom. The number of carbonyl (C=O) groups is 1. The van der Waals surface area contributed by atoms with Gasteiger partial charge in [0.2, 0.25) is 11.8 Å². The monoisotopic (exact) mass is 358 g/mol. The third-order valence-corrected chi connectivity index (χ3v) is 4.36. The van der Waals surface area contributed by atoms with E-state index in [0.29, 0.717) is 23.9 Å². The van der Waals surface area contributed by atoms with Gasteiger partial charge in [-0.05, 0) is 31.5 Å². The summed E-state index contributed by atoms with van der Waals surface area (Å²) in [6.45, 7) is 4.60. The van der Waals surface area contributed by atoms with Gasteiger partial charge in [0.1, 0.15) is 5.76 Å². The van der Waals surface area contributed by atoms with Gasteiger partial charge in [-0.15, -0.1) is 6.42 Å². The topological polar surface area (TPSA) is 46.3 Å². The van der Waals surface area contributed by atoms with E-state index >= 15 is 0 Å². The van der Waals surface area contributed by atoms with Crippen molar-refractivity contribution >= 4 is 5.91 Å². The molecule has 1 amide bonds. The fourth-order valence-electron chi connectivity index (χ4n) is 2.81. The van der Waals surface area contributed by atoms with E-state index in [1.807, 2.05) is 68.4 Å². The average Bonchev–Trinajstić information content (AvgIpc) is 3.04. The van der Waals surface area contributed by atoms with Crippen molar-refractivity contribution in [1.82, 2.24) is 9.88 Å². The predicted octanol–water partition coefficient (Wildman–Crippen LogP) is 4.16. The van der Waals surface area contributed by atoms with Crippen LogP contribution < -0.4 is 0 Å². The van der Waals surface area contributed by atoms with E-state index in [1.165, 1.54) is 5.56 Å². The minimum Gasteiger partial charge on any atom is -0.441 e. The van der Waals surface area contributed by atoms with Gasteiger partial charge >= 0.3 is 0 Å². The standard InChI is InChI=1S/C23H22N2O2/c1-4-14-25(16-19-12-10-17(2)11-13-19)22(26)15-21-18(3)27-23(24-21)20-8-6-5-7-9-20/h1,5-13H,14-16H2,2-3H3. The summed E-state index contributed by atoms with van der Waals surface area (Å²) in [5, 5.41) is 0. The van der Waals surface area contributed by atoms with Gasteiger partial charge in [-0.1, -0.05) is 53.9 Å². The van der Waals surface area contributed by atoms with Gasteiger partial charge in [-0.2, -0.15) is 0 Å². The number of nitrogens with zero attached hydrogens (tertiary/aromatic N) is 2. The SMILES string of the molecule is C#CCN(Cc1ccc(C)cc1)C(=O)Cc1nc(-c2ccccc2)oc1C. The van der Waals surface area contributed by atoms with Crippen molar-refractivity contribution < 1.29 is 9.21 Å². The van der Waals surface area contributed by atoms with Crippen molar-refractivity contribution in [2.45, 2.75) is 26.8 Å². The molecule has 0 bridgehead atoms. The molecular formula is C23H22N2O2. The van der Waals surface area contributed by atoms with Crippen molar-refractivity contribution in [1.29, 1.82) is 0 Å². The number of carbonyl (C=O) groups excluding carboxylic acids is 1. The molecule has 0 aliphatic rings. The summed E-state index contributed by atoms with van der Waals surface area (Å²) in [4.78, 5) is 19.0. The zero-order chi connectivity index (χ0) is 19.2. The van der Waals surface area contributed by atoms with Gasteiger partial charge in [0.15, 0.2) is 0 Å². The third kappa shape index (κ3) is 4.65. The van der Waals surface area contributed by atoms with Crippen LogP contribution >= 0.6 is 0 Å². The van der Waals surface area contributed by atoms with Gasteiger partial charge in [-0.25, -0.2) is 4.98 Å². The first-order valence-electron chi connectivity index (χ1n) is 8.85. The number of terminal acetylenes is 1. The second kappa shape index (κ2) is 8.37. The summed E-state index contributed by atoms with van der Waals surface area (Å²) in [6.07, 6.45) is 5.63. The van der Waals surface area contributed by atoms with E-state index in [0.717, 1.165) is 11.1 Å². The lowest BCUT2D eigenvalue weighted by molar-refractivity contribution is -0.130. The minimum atomic E-state index is -0.0652. The Kier molecular flexibility index (Phi) is 5.73. The number of hydrogen-bond acceptors (Lipinski definition) is 3. The lowest BCUT2D eigenvalue weighted by atomic mass is 10.1. The molecule has 2 aromatic carbocycles. The van der Waals surface area contributed by atoms with Crippen LogP contribution in [-0.2, 0) is 17.8 Å². The quantitative estimate of drug-likeness (QED) is 0.622. The molecule has 0 spiro atoms. The molecule has 4 nitrogen and oxygen atoms in total. The number of amides is 1. The summed E-state index contributed by atoms with van der Waals surface area (Å²) in [5.41, 5.74) is 3.76. The van der Waals surface area contributed by atoms with Crippen LogP contribution in [0.3, 0.4) is 0 Å². The molecule has 1 aromatic heterocycles. The van der Waals surface area contributed by atoms with Crippen molar-refractivity contribution in [3.05, 3.63) is 77.2 Å². The molecular weight excluding hydrogens is 336 g/mol. The molecule has 0 aliphatic carbocycles. The fourth-order valence-corrected chi connectivity index (χ4v) is 2.81. The van der Waals surface area contributed by atoms with Crippen LogP contribution in [0.25, 0.3) is 11.5 Å². The average molecular weight is 358 g/mol. The van der Waals surface area contributed by atoms with Gasteiger partial charge in [0.05, 0.1) is 18.7 Å². The molecule has 0 radical (unpaired) electrons. The molecule has 4 heteroatoms. The zero-order valence-corrected chi connectivity index (χ0v) is 15.6. The van der Waals surface area contributed by atoms with E-state index < -0.39 is 0 Å². The Morgan fingerprint density at radius 3 is 2.48 bits per heavy atom. The highest BCUT2D eigenvalue weighted by Crippen LogP contribution is 2.22. The van der Waals surface area contributed by atoms with Crippen LogP contribution in [0.5, 0.6) is 0 Å². The van der Waals surface area contributed by atoms with E-state index in [-0.39, 0.29) is 18.9 Å². The van der Waals surface area contributed by atoms with E-state index in [9.17, 15) is 4.79 Å². The molecule has 0 saturated carbocycles. The molecule has 3 rings (SSSR count). The normalized spacial score (nSPS) is 10.4. The number of benzene rings is 2. The van der Waals surface area contributed by atoms with Crippen molar-refractivity contribution in [2.24, 2.45) is 0 Å². The summed E-state index contributed by atoms with van der Waals surface area (Å²) in [5.74, 6) is 3.68.